The molecule has 120 valence electrons. The molecule has 2 aromatic rings. The molecule has 4 nitrogen and oxygen atoms in total. The van der Waals surface area contributed by atoms with E-state index in [1.54, 1.807) is 0 Å². The van der Waals surface area contributed by atoms with Crippen LogP contribution in [0, 0.1) is 0 Å². The van der Waals surface area contributed by atoms with Crippen molar-refractivity contribution in [3.05, 3.63) is 59.8 Å². The molecule has 23 heavy (non-hydrogen) atoms. The molecule has 0 unspecified atom stereocenters. The largest absolute Gasteiger partial charge is 0.373 e. The first kappa shape index (κ1) is 15.5. The van der Waals surface area contributed by atoms with Crippen LogP contribution >= 0.6 is 0 Å². The van der Waals surface area contributed by atoms with Crippen molar-refractivity contribution in [1.82, 2.24) is 9.88 Å². The average Bonchev–Trinajstić information content (AvgIpc) is 2.63. The van der Waals surface area contributed by atoms with Gasteiger partial charge in [0.25, 0.3) is 0 Å². The van der Waals surface area contributed by atoms with Crippen LogP contribution in [0.2, 0.25) is 0 Å². The molecule has 2 heterocycles. The molecule has 0 radical (unpaired) electrons. The molecule has 0 aliphatic carbocycles. The number of carbonyl (C=O) groups excluding carboxylic acids is 1. The van der Waals surface area contributed by atoms with Crippen molar-refractivity contribution in [2.24, 2.45) is 0 Å². The minimum Gasteiger partial charge on any atom is -0.373 e. The number of hydrogen-bond acceptors (Lipinski definition) is 3. The maximum absolute atomic E-state index is 12.6. The van der Waals surface area contributed by atoms with Gasteiger partial charge in [0, 0.05) is 31.7 Å². The molecular weight excluding hydrogens is 286 g/mol. The van der Waals surface area contributed by atoms with Gasteiger partial charge in [-0.05, 0) is 30.5 Å². The summed E-state index contributed by atoms with van der Waals surface area (Å²) in [5.41, 5.74) is 2.16. The lowest BCUT2D eigenvalue weighted by Crippen LogP contribution is -2.40. The molecule has 4 heteroatoms. The first-order valence-electron chi connectivity index (χ1n) is 8.22. The molecular formula is C19H23N3O. The van der Waals surface area contributed by atoms with Gasteiger partial charge in [0.05, 0.1) is 6.42 Å². The van der Waals surface area contributed by atoms with Gasteiger partial charge in [0.2, 0.25) is 5.91 Å². The molecule has 0 saturated carbocycles. The Hall–Kier alpha value is -2.36. The number of carbonyl (C=O) groups is 1. The van der Waals surface area contributed by atoms with Crippen LogP contribution in [0.15, 0.2) is 48.5 Å². The zero-order valence-corrected chi connectivity index (χ0v) is 13.5. The second-order valence-corrected chi connectivity index (χ2v) is 6.04. The summed E-state index contributed by atoms with van der Waals surface area (Å²) in [5, 5.41) is 3.08. The van der Waals surface area contributed by atoms with Gasteiger partial charge in [0.15, 0.2) is 0 Å². The van der Waals surface area contributed by atoms with Crippen LogP contribution in [0.1, 0.15) is 30.0 Å². The summed E-state index contributed by atoms with van der Waals surface area (Å²) >= 11 is 0. The Balaban J connectivity index is 1.66. The van der Waals surface area contributed by atoms with E-state index in [9.17, 15) is 4.79 Å². The quantitative estimate of drug-likeness (QED) is 0.944. The minimum atomic E-state index is 0.214. The molecule has 3 rings (SSSR count). The van der Waals surface area contributed by atoms with E-state index in [0.29, 0.717) is 12.3 Å². The van der Waals surface area contributed by atoms with E-state index in [0.717, 1.165) is 43.0 Å². The maximum Gasteiger partial charge on any atom is 0.227 e. The first-order valence-corrected chi connectivity index (χ1v) is 8.22. The van der Waals surface area contributed by atoms with E-state index in [-0.39, 0.29) is 5.91 Å². The van der Waals surface area contributed by atoms with Gasteiger partial charge >= 0.3 is 0 Å². The van der Waals surface area contributed by atoms with E-state index < -0.39 is 0 Å². The molecule has 1 N–H and O–H groups in total. The maximum atomic E-state index is 12.6. The highest BCUT2D eigenvalue weighted by molar-refractivity contribution is 5.79. The molecule has 1 saturated heterocycles. The normalized spacial score (nSPS) is 17.8. The molecule has 1 fully saturated rings. The van der Waals surface area contributed by atoms with Crippen molar-refractivity contribution in [3.63, 3.8) is 0 Å². The molecule has 0 bridgehead atoms. The molecule has 1 aliphatic rings. The van der Waals surface area contributed by atoms with Crippen molar-refractivity contribution in [1.29, 1.82) is 0 Å². The Morgan fingerprint density at radius 1 is 1.22 bits per heavy atom. The SMILES string of the molecule is CNc1cccc([C@@H]2CCCN(C(=O)Cc3ccccc3)C2)n1. The van der Waals surface area contributed by atoms with Gasteiger partial charge in [-0.2, -0.15) is 0 Å². The third-order valence-corrected chi connectivity index (χ3v) is 4.42. The van der Waals surface area contributed by atoms with Crippen LogP contribution in [0.4, 0.5) is 5.82 Å². The highest BCUT2D eigenvalue weighted by Gasteiger charge is 2.25. The van der Waals surface area contributed by atoms with Gasteiger partial charge in [-0.25, -0.2) is 4.98 Å². The van der Waals surface area contributed by atoms with Gasteiger partial charge in [-0.1, -0.05) is 36.4 Å². The Morgan fingerprint density at radius 3 is 2.83 bits per heavy atom. The number of amides is 1. The summed E-state index contributed by atoms with van der Waals surface area (Å²) in [6.45, 7) is 1.62. The van der Waals surface area contributed by atoms with E-state index in [1.807, 2.05) is 54.4 Å². The molecule has 1 aliphatic heterocycles. The van der Waals surface area contributed by atoms with Gasteiger partial charge in [0.1, 0.15) is 5.82 Å². The molecule has 1 aromatic heterocycles. The number of aromatic nitrogens is 1. The highest BCUT2D eigenvalue weighted by Crippen LogP contribution is 2.26. The van der Waals surface area contributed by atoms with Crippen molar-refractivity contribution >= 4 is 11.7 Å². The van der Waals surface area contributed by atoms with E-state index >= 15 is 0 Å². The second kappa shape index (κ2) is 7.27. The van der Waals surface area contributed by atoms with E-state index in [4.69, 9.17) is 0 Å². The third-order valence-electron chi connectivity index (χ3n) is 4.42. The van der Waals surface area contributed by atoms with Crippen LogP contribution in [-0.2, 0) is 11.2 Å². The number of hydrogen-bond donors (Lipinski definition) is 1. The number of piperidine rings is 1. The minimum absolute atomic E-state index is 0.214. The average molecular weight is 309 g/mol. The van der Waals surface area contributed by atoms with E-state index in [1.165, 1.54) is 0 Å². The Kier molecular flexibility index (Phi) is 4.91. The summed E-state index contributed by atoms with van der Waals surface area (Å²) in [5.74, 6) is 1.43. The molecule has 1 aromatic carbocycles. The smallest absolute Gasteiger partial charge is 0.227 e. The fraction of sp³-hybridized carbons (Fsp3) is 0.368. The lowest BCUT2D eigenvalue weighted by Gasteiger charge is -2.32. The Bertz CT molecular complexity index is 657. The van der Waals surface area contributed by atoms with Gasteiger partial charge in [-0.15, -0.1) is 0 Å². The predicted molar refractivity (Wildman–Crippen MR) is 92.5 cm³/mol. The number of nitrogens with one attached hydrogen (secondary N) is 1. The highest BCUT2D eigenvalue weighted by atomic mass is 16.2. The van der Waals surface area contributed by atoms with Gasteiger partial charge in [-0.3, -0.25) is 4.79 Å². The summed E-state index contributed by atoms with van der Waals surface area (Å²) in [4.78, 5) is 19.2. The summed E-state index contributed by atoms with van der Waals surface area (Å²) < 4.78 is 0. The van der Waals surface area contributed by atoms with Crippen molar-refractivity contribution in [2.75, 3.05) is 25.5 Å². The molecule has 0 spiro atoms. The number of pyridine rings is 1. The number of anilines is 1. The number of benzene rings is 1. The van der Waals surface area contributed by atoms with Crippen LogP contribution in [-0.4, -0.2) is 35.9 Å². The lowest BCUT2D eigenvalue weighted by molar-refractivity contribution is -0.131. The van der Waals surface area contributed by atoms with Crippen LogP contribution in [0.3, 0.4) is 0 Å². The monoisotopic (exact) mass is 309 g/mol. The van der Waals surface area contributed by atoms with Gasteiger partial charge < -0.3 is 10.2 Å². The third kappa shape index (κ3) is 3.89. The van der Waals surface area contributed by atoms with E-state index in [2.05, 4.69) is 16.4 Å². The zero-order chi connectivity index (χ0) is 16.1. The predicted octanol–water partition coefficient (Wildman–Crippen LogP) is 3.07. The lowest BCUT2D eigenvalue weighted by atomic mass is 9.94. The van der Waals surface area contributed by atoms with Crippen LogP contribution in [0.25, 0.3) is 0 Å². The Labute approximate surface area is 137 Å². The topological polar surface area (TPSA) is 45.2 Å². The first-order chi connectivity index (χ1) is 11.3. The Morgan fingerprint density at radius 2 is 2.04 bits per heavy atom. The fourth-order valence-corrected chi connectivity index (χ4v) is 3.15. The zero-order valence-electron chi connectivity index (χ0n) is 13.5. The number of likely N-dealkylation sites (tertiary alicyclic amines) is 1. The van der Waals surface area contributed by atoms with Crippen LogP contribution < -0.4 is 5.32 Å². The second-order valence-electron chi connectivity index (χ2n) is 6.04. The summed E-state index contributed by atoms with van der Waals surface area (Å²) in [7, 11) is 1.88. The van der Waals surface area contributed by atoms with Crippen LogP contribution in [0.5, 0.6) is 0 Å². The summed E-state index contributed by atoms with van der Waals surface area (Å²) in [6, 6.07) is 16.0. The van der Waals surface area contributed by atoms with Crippen molar-refractivity contribution in [3.8, 4) is 0 Å². The molecule has 1 amide bonds. The fourth-order valence-electron chi connectivity index (χ4n) is 3.15. The van der Waals surface area contributed by atoms with Crippen molar-refractivity contribution < 1.29 is 4.79 Å². The standard InChI is InChI=1S/C19H23N3O/c1-20-18-11-5-10-17(21-18)16-9-6-12-22(14-16)19(23)13-15-7-3-2-4-8-15/h2-5,7-8,10-11,16H,6,9,12-14H2,1H3,(H,20,21)/t16-/m1/s1. The number of nitrogens with zero attached hydrogens (tertiary/aromatic N) is 2. The summed E-state index contributed by atoms with van der Waals surface area (Å²) in [6.07, 6.45) is 2.61. The molecule has 1 atom stereocenters. The number of rotatable bonds is 4. The van der Waals surface area contributed by atoms with Crippen molar-refractivity contribution in [2.45, 2.75) is 25.2 Å².